The van der Waals surface area contributed by atoms with Crippen LogP contribution in [0.2, 0.25) is 0 Å². The highest BCUT2D eigenvalue weighted by molar-refractivity contribution is 5.83. The quantitative estimate of drug-likeness (QED) is 0.0659. The predicted octanol–water partition coefficient (Wildman–Crippen LogP) is 10.0. The highest BCUT2D eigenvalue weighted by Crippen LogP contribution is 2.14. The van der Waals surface area contributed by atoms with Gasteiger partial charge in [-0.25, -0.2) is 4.79 Å². The van der Waals surface area contributed by atoms with Crippen molar-refractivity contribution in [2.75, 3.05) is 6.54 Å². The molecular weight excluding hydrogens is 524 g/mol. The van der Waals surface area contributed by atoms with Crippen molar-refractivity contribution in [3.63, 3.8) is 0 Å². The molecule has 42 heavy (non-hydrogen) atoms. The van der Waals surface area contributed by atoms with E-state index < -0.39 is 12.0 Å². The minimum absolute atomic E-state index is 0.0896. The molecule has 0 heterocycles. The second-order valence-electron chi connectivity index (χ2n) is 12.6. The van der Waals surface area contributed by atoms with Crippen molar-refractivity contribution < 1.29 is 19.5 Å². The second-order valence-corrected chi connectivity index (χ2v) is 12.6. The molecule has 0 rings (SSSR count). The standard InChI is InChI=1S/C36H70N2O4/c1-3-5-7-9-11-13-15-16-18-20-22-24-26-31-35(40)38-33(36(41)42)29-27-28-32-37-34(39)30-25-23-21-19-17-14-12-10-8-6-4-2/h33H,3-32H2,1-2H3,(H,37,39)(H,38,40)(H,41,42)/t33-/m0/s1. The van der Waals surface area contributed by atoms with Crippen LogP contribution in [0.4, 0.5) is 0 Å². The molecule has 0 saturated carbocycles. The second kappa shape index (κ2) is 32.3. The summed E-state index contributed by atoms with van der Waals surface area (Å²) in [4.78, 5) is 35.9. The smallest absolute Gasteiger partial charge is 0.326 e. The van der Waals surface area contributed by atoms with Gasteiger partial charge in [-0.15, -0.1) is 0 Å². The molecule has 0 aliphatic heterocycles. The summed E-state index contributed by atoms with van der Waals surface area (Å²) >= 11 is 0. The van der Waals surface area contributed by atoms with Gasteiger partial charge in [-0.05, 0) is 32.1 Å². The third-order valence-corrected chi connectivity index (χ3v) is 8.39. The molecule has 0 aliphatic rings. The van der Waals surface area contributed by atoms with Gasteiger partial charge in [0.25, 0.3) is 0 Å². The lowest BCUT2D eigenvalue weighted by Gasteiger charge is -2.14. The number of rotatable bonds is 33. The number of carboxylic acids is 1. The molecular formula is C36H70N2O4. The molecule has 6 nitrogen and oxygen atoms in total. The van der Waals surface area contributed by atoms with Gasteiger partial charge in [0.15, 0.2) is 0 Å². The maximum atomic E-state index is 12.3. The van der Waals surface area contributed by atoms with Crippen molar-refractivity contribution in [3.8, 4) is 0 Å². The number of carbonyl (C=O) groups is 3. The van der Waals surface area contributed by atoms with Crippen LogP contribution < -0.4 is 10.6 Å². The maximum absolute atomic E-state index is 12.3. The Morgan fingerprint density at radius 1 is 0.476 bits per heavy atom. The number of hydrogen-bond donors (Lipinski definition) is 3. The topological polar surface area (TPSA) is 95.5 Å². The Kier molecular flexibility index (Phi) is 31.1. The first kappa shape index (κ1) is 40.4. The maximum Gasteiger partial charge on any atom is 0.326 e. The molecule has 0 bridgehead atoms. The highest BCUT2D eigenvalue weighted by atomic mass is 16.4. The third kappa shape index (κ3) is 29.9. The van der Waals surface area contributed by atoms with E-state index in [0.717, 1.165) is 38.5 Å². The average Bonchev–Trinajstić information content (AvgIpc) is 2.97. The molecule has 0 unspecified atom stereocenters. The number of nitrogens with one attached hydrogen (secondary N) is 2. The Morgan fingerprint density at radius 3 is 1.21 bits per heavy atom. The Labute approximate surface area is 260 Å². The SMILES string of the molecule is CCCCCCCCCCCCCCCC(=O)N[C@@H](CCCCNC(=O)CCCCCCCCCCCCC)C(=O)O. The van der Waals surface area contributed by atoms with E-state index in [9.17, 15) is 19.5 Å². The van der Waals surface area contributed by atoms with E-state index in [1.54, 1.807) is 0 Å². The summed E-state index contributed by atoms with van der Waals surface area (Å²) in [5.41, 5.74) is 0. The molecule has 0 spiro atoms. The van der Waals surface area contributed by atoms with E-state index in [-0.39, 0.29) is 11.8 Å². The number of carboxylic acid groups (broad SMARTS) is 1. The molecule has 3 N–H and O–H groups in total. The summed E-state index contributed by atoms with van der Waals surface area (Å²) in [6, 6.07) is -0.841. The van der Waals surface area contributed by atoms with Crippen molar-refractivity contribution in [2.45, 2.75) is 206 Å². The zero-order chi connectivity index (χ0) is 30.9. The normalized spacial score (nSPS) is 11.9. The van der Waals surface area contributed by atoms with Crippen molar-refractivity contribution >= 4 is 17.8 Å². The number of carbonyl (C=O) groups excluding carboxylic acids is 2. The fraction of sp³-hybridized carbons (Fsp3) is 0.917. The van der Waals surface area contributed by atoms with Crippen LogP contribution in [0.25, 0.3) is 0 Å². The van der Waals surface area contributed by atoms with E-state index >= 15 is 0 Å². The minimum atomic E-state index is -0.978. The molecule has 0 aromatic rings. The zero-order valence-electron chi connectivity index (χ0n) is 28.0. The van der Waals surface area contributed by atoms with Crippen molar-refractivity contribution in [1.82, 2.24) is 10.6 Å². The van der Waals surface area contributed by atoms with Crippen LogP contribution in [0.1, 0.15) is 200 Å². The Bertz CT molecular complexity index is 626. The van der Waals surface area contributed by atoms with E-state index in [0.29, 0.717) is 32.2 Å². The first-order valence-electron chi connectivity index (χ1n) is 18.3. The number of amides is 2. The summed E-state index contributed by atoms with van der Waals surface area (Å²) in [5, 5.41) is 15.2. The molecule has 0 saturated heterocycles. The molecule has 0 aliphatic carbocycles. The van der Waals surface area contributed by atoms with Crippen LogP contribution in [-0.4, -0.2) is 35.5 Å². The number of unbranched alkanes of at least 4 members (excludes halogenated alkanes) is 23. The Morgan fingerprint density at radius 2 is 0.833 bits per heavy atom. The summed E-state index contributed by atoms with van der Waals surface area (Å²) < 4.78 is 0. The van der Waals surface area contributed by atoms with Crippen LogP contribution in [0.15, 0.2) is 0 Å². The number of hydrogen-bond acceptors (Lipinski definition) is 3. The number of aliphatic carboxylic acids is 1. The minimum Gasteiger partial charge on any atom is -0.480 e. The molecule has 0 aromatic heterocycles. The van der Waals surface area contributed by atoms with Crippen LogP contribution in [0.3, 0.4) is 0 Å². The van der Waals surface area contributed by atoms with Gasteiger partial charge >= 0.3 is 5.97 Å². The molecule has 2 amide bonds. The summed E-state index contributed by atoms with van der Waals surface area (Å²) in [5.74, 6) is -1.05. The molecule has 0 aromatic carbocycles. The highest BCUT2D eigenvalue weighted by Gasteiger charge is 2.19. The monoisotopic (exact) mass is 595 g/mol. The Balaban J connectivity index is 3.63. The molecule has 0 fully saturated rings. The van der Waals surface area contributed by atoms with E-state index in [1.165, 1.54) is 122 Å². The van der Waals surface area contributed by atoms with Gasteiger partial charge in [-0.3, -0.25) is 9.59 Å². The van der Waals surface area contributed by atoms with Crippen LogP contribution in [0.5, 0.6) is 0 Å². The summed E-state index contributed by atoms with van der Waals surface area (Å²) in [6.45, 7) is 5.07. The molecule has 0 radical (unpaired) electrons. The van der Waals surface area contributed by atoms with E-state index in [4.69, 9.17) is 0 Å². The van der Waals surface area contributed by atoms with Gasteiger partial charge in [0.2, 0.25) is 11.8 Å². The predicted molar refractivity (Wildman–Crippen MR) is 178 cm³/mol. The van der Waals surface area contributed by atoms with Crippen molar-refractivity contribution in [2.24, 2.45) is 0 Å². The van der Waals surface area contributed by atoms with E-state index in [2.05, 4.69) is 24.5 Å². The average molecular weight is 595 g/mol. The largest absolute Gasteiger partial charge is 0.480 e. The van der Waals surface area contributed by atoms with E-state index in [1.807, 2.05) is 0 Å². The molecule has 248 valence electrons. The lowest BCUT2D eigenvalue weighted by atomic mass is 10.0. The van der Waals surface area contributed by atoms with Crippen LogP contribution >= 0.6 is 0 Å². The lowest BCUT2D eigenvalue weighted by Crippen LogP contribution is -2.40. The lowest BCUT2D eigenvalue weighted by molar-refractivity contribution is -0.142. The van der Waals surface area contributed by atoms with Gasteiger partial charge in [-0.2, -0.15) is 0 Å². The fourth-order valence-corrected chi connectivity index (χ4v) is 5.57. The zero-order valence-corrected chi connectivity index (χ0v) is 28.0. The van der Waals surface area contributed by atoms with Gasteiger partial charge in [-0.1, -0.05) is 155 Å². The van der Waals surface area contributed by atoms with Crippen molar-refractivity contribution in [3.05, 3.63) is 0 Å². The van der Waals surface area contributed by atoms with Gasteiger partial charge in [0.05, 0.1) is 0 Å². The van der Waals surface area contributed by atoms with Crippen LogP contribution in [-0.2, 0) is 14.4 Å². The van der Waals surface area contributed by atoms with Crippen molar-refractivity contribution in [1.29, 1.82) is 0 Å². The molecule has 6 heteroatoms. The van der Waals surface area contributed by atoms with Gasteiger partial charge in [0.1, 0.15) is 6.04 Å². The third-order valence-electron chi connectivity index (χ3n) is 8.39. The fourth-order valence-electron chi connectivity index (χ4n) is 5.57. The summed E-state index contributed by atoms with van der Waals surface area (Å²) in [7, 11) is 0. The van der Waals surface area contributed by atoms with Gasteiger partial charge < -0.3 is 15.7 Å². The first-order chi connectivity index (χ1) is 20.5. The Hall–Kier alpha value is -1.59. The summed E-state index contributed by atoms with van der Waals surface area (Å²) in [6.07, 6.45) is 33.1. The first-order valence-corrected chi connectivity index (χ1v) is 18.3. The van der Waals surface area contributed by atoms with Gasteiger partial charge in [0, 0.05) is 19.4 Å². The van der Waals surface area contributed by atoms with Crippen LogP contribution in [0, 0.1) is 0 Å². The molecule has 1 atom stereocenters.